The molecule has 0 radical (unpaired) electrons. The van der Waals surface area contributed by atoms with Crippen molar-refractivity contribution in [1.29, 1.82) is 0 Å². The van der Waals surface area contributed by atoms with Gasteiger partial charge >= 0.3 is 0 Å². The number of carbonyl (C=O) groups is 2. The van der Waals surface area contributed by atoms with Gasteiger partial charge in [0.2, 0.25) is 5.91 Å². The number of benzene rings is 1. The van der Waals surface area contributed by atoms with Crippen LogP contribution in [0.25, 0.3) is 5.69 Å². The second-order valence-corrected chi connectivity index (χ2v) is 8.47. The van der Waals surface area contributed by atoms with E-state index in [-0.39, 0.29) is 11.8 Å². The average Bonchev–Trinajstić information content (AvgIpc) is 3.16. The molecule has 0 unspecified atom stereocenters. The van der Waals surface area contributed by atoms with E-state index >= 15 is 0 Å². The second-order valence-electron chi connectivity index (χ2n) is 8.47. The van der Waals surface area contributed by atoms with Crippen LogP contribution in [0.1, 0.15) is 33.7 Å². The van der Waals surface area contributed by atoms with Crippen LogP contribution in [0.15, 0.2) is 54.9 Å². The van der Waals surface area contributed by atoms with Crippen molar-refractivity contribution in [2.75, 3.05) is 38.2 Å². The Morgan fingerprint density at radius 3 is 2.68 bits per heavy atom. The van der Waals surface area contributed by atoms with Crippen LogP contribution in [0.2, 0.25) is 0 Å². The first-order valence-corrected chi connectivity index (χ1v) is 11.6. The Balaban J connectivity index is 1.33. The SMILES string of the molecule is Cc1cc(C(=O)NCc2cccc(NC(=O)CCN3CCOCC3)c2)c(C)n1-c1cccnc1. The number of nitrogens with one attached hydrogen (secondary N) is 2. The van der Waals surface area contributed by atoms with Crippen LogP contribution < -0.4 is 10.6 Å². The molecule has 1 fully saturated rings. The van der Waals surface area contributed by atoms with E-state index in [1.54, 1.807) is 12.4 Å². The number of morpholine rings is 1. The van der Waals surface area contributed by atoms with E-state index in [4.69, 9.17) is 4.74 Å². The van der Waals surface area contributed by atoms with Gasteiger partial charge in [-0.2, -0.15) is 0 Å². The number of aryl methyl sites for hydroxylation is 1. The third-order valence-electron chi connectivity index (χ3n) is 6.00. The third-order valence-corrected chi connectivity index (χ3v) is 6.00. The van der Waals surface area contributed by atoms with Gasteiger partial charge in [-0.1, -0.05) is 12.1 Å². The topological polar surface area (TPSA) is 88.5 Å². The van der Waals surface area contributed by atoms with Gasteiger partial charge < -0.3 is 19.9 Å². The fourth-order valence-corrected chi connectivity index (χ4v) is 4.22. The van der Waals surface area contributed by atoms with Crippen LogP contribution in [0, 0.1) is 13.8 Å². The van der Waals surface area contributed by atoms with Gasteiger partial charge in [-0.3, -0.25) is 19.5 Å². The molecule has 2 aromatic heterocycles. The summed E-state index contributed by atoms with van der Waals surface area (Å²) in [7, 11) is 0. The molecule has 3 aromatic rings. The van der Waals surface area contributed by atoms with Gasteiger partial charge in [0.25, 0.3) is 5.91 Å². The van der Waals surface area contributed by atoms with E-state index in [2.05, 4.69) is 20.5 Å². The number of hydrogen-bond donors (Lipinski definition) is 2. The van der Waals surface area contributed by atoms with Crippen molar-refractivity contribution < 1.29 is 14.3 Å². The summed E-state index contributed by atoms with van der Waals surface area (Å²) in [6.45, 7) is 8.19. The predicted molar refractivity (Wildman–Crippen MR) is 131 cm³/mol. The zero-order chi connectivity index (χ0) is 23.9. The van der Waals surface area contributed by atoms with Crippen molar-refractivity contribution in [2.45, 2.75) is 26.8 Å². The summed E-state index contributed by atoms with van der Waals surface area (Å²) in [6, 6.07) is 13.3. The summed E-state index contributed by atoms with van der Waals surface area (Å²) in [5, 5.41) is 5.96. The normalized spacial score (nSPS) is 14.1. The molecule has 1 aliphatic rings. The fourth-order valence-electron chi connectivity index (χ4n) is 4.22. The van der Waals surface area contributed by atoms with E-state index in [9.17, 15) is 9.59 Å². The smallest absolute Gasteiger partial charge is 0.253 e. The predicted octanol–water partition coefficient (Wildman–Crippen LogP) is 3.08. The van der Waals surface area contributed by atoms with Crippen molar-refractivity contribution in [1.82, 2.24) is 19.8 Å². The molecule has 34 heavy (non-hydrogen) atoms. The highest BCUT2D eigenvalue weighted by atomic mass is 16.5. The number of carbonyl (C=O) groups excluding carboxylic acids is 2. The van der Waals surface area contributed by atoms with Crippen molar-refractivity contribution in [3.63, 3.8) is 0 Å². The largest absolute Gasteiger partial charge is 0.379 e. The molecule has 8 heteroatoms. The second kappa shape index (κ2) is 11.1. The van der Waals surface area contributed by atoms with E-state index in [0.717, 1.165) is 61.2 Å². The summed E-state index contributed by atoms with van der Waals surface area (Å²) in [5.41, 5.74) is 5.04. The number of pyridine rings is 1. The first kappa shape index (κ1) is 23.7. The highest BCUT2D eigenvalue weighted by molar-refractivity contribution is 5.96. The minimum atomic E-state index is -0.136. The zero-order valence-electron chi connectivity index (χ0n) is 19.7. The van der Waals surface area contributed by atoms with E-state index in [1.165, 1.54) is 0 Å². The van der Waals surface area contributed by atoms with Crippen molar-refractivity contribution in [2.24, 2.45) is 0 Å². The lowest BCUT2D eigenvalue weighted by Crippen LogP contribution is -2.38. The molecule has 4 rings (SSSR count). The molecule has 1 saturated heterocycles. The van der Waals surface area contributed by atoms with E-state index < -0.39 is 0 Å². The third kappa shape index (κ3) is 5.89. The molecule has 3 heterocycles. The summed E-state index contributed by atoms with van der Waals surface area (Å²) >= 11 is 0. The maximum atomic E-state index is 12.9. The molecule has 0 spiro atoms. The van der Waals surface area contributed by atoms with Crippen LogP contribution in [-0.2, 0) is 16.1 Å². The van der Waals surface area contributed by atoms with Gasteiger partial charge in [-0.05, 0) is 49.7 Å². The Hall–Kier alpha value is -3.49. The lowest BCUT2D eigenvalue weighted by atomic mass is 10.1. The maximum Gasteiger partial charge on any atom is 0.253 e. The average molecular weight is 462 g/mol. The van der Waals surface area contributed by atoms with Gasteiger partial charge in [-0.25, -0.2) is 0 Å². The lowest BCUT2D eigenvalue weighted by molar-refractivity contribution is -0.116. The summed E-state index contributed by atoms with van der Waals surface area (Å²) in [5.74, 6) is -0.154. The van der Waals surface area contributed by atoms with Crippen LogP contribution in [0.4, 0.5) is 5.69 Å². The Morgan fingerprint density at radius 1 is 1.09 bits per heavy atom. The Bertz CT molecular complexity index is 1140. The molecule has 8 nitrogen and oxygen atoms in total. The molecular formula is C26H31N5O3. The molecule has 2 N–H and O–H groups in total. The van der Waals surface area contributed by atoms with Gasteiger partial charge in [-0.15, -0.1) is 0 Å². The van der Waals surface area contributed by atoms with Crippen LogP contribution in [0.5, 0.6) is 0 Å². The Kier molecular flexibility index (Phi) is 7.72. The number of rotatable bonds is 8. The minimum Gasteiger partial charge on any atom is -0.379 e. The van der Waals surface area contributed by atoms with Gasteiger partial charge in [0, 0.05) is 55.9 Å². The van der Waals surface area contributed by atoms with Gasteiger partial charge in [0.1, 0.15) is 0 Å². The molecule has 0 saturated carbocycles. The molecule has 0 bridgehead atoms. The number of amides is 2. The van der Waals surface area contributed by atoms with Crippen LogP contribution in [0.3, 0.4) is 0 Å². The van der Waals surface area contributed by atoms with Crippen molar-refractivity contribution >= 4 is 17.5 Å². The van der Waals surface area contributed by atoms with Gasteiger partial charge in [0.15, 0.2) is 0 Å². The molecule has 2 amide bonds. The molecule has 0 atom stereocenters. The molecular weight excluding hydrogens is 430 g/mol. The Morgan fingerprint density at radius 2 is 1.91 bits per heavy atom. The summed E-state index contributed by atoms with van der Waals surface area (Å²) in [6.07, 6.45) is 3.95. The van der Waals surface area contributed by atoms with Crippen molar-refractivity contribution in [3.05, 3.63) is 77.4 Å². The summed E-state index contributed by atoms with van der Waals surface area (Å²) < 4.78 is 7.36. The van der Waals surface area contributed by atoms with Gasteiger partial charge in [0.05, 0.1) is 30.7 Å². The molecule has 0 aliphatic carbocycles. The van der Waals surface area contributed by atoms with Crippen molar-refractivity contribution in [3.8, 4) is 5.69 Å². The lowest BCUT2D eigenvalue weighted by Gasteiger charge is -2.26. The summed E-state index contributed by atoms with van der Waals surface area (Å²) in [4.78, 5) is 31.7. The van der Waals surface area contributed by atoms with E-state index in [0.29, 0.717) is 18.5 Å². The number of hydrogen-bond acceptors (Lipinski definition) is 5. The van der Waals surface area contributed by atoms with Crippen LogP contribution >= 0.6 is 0 Å². The number of aromatic nitrogens is 2. The zero-order valence-corrected chi connectivity index (χ0v) is 19.7. The quantitative estimate of drug-likeness (QED) is 0.538. The van der Waals surface area contributed by atoms with E-state index in [1.807, 2.05) is 60.9 Å². The Labute approximate surface area is 199 Å². The first-order chi connectivity index (χ1) is 16.5. The maximum absolute atomic E-state index is 12.9. The minimum absolute atomic E-state index is 0.0180. The first-order valence-electron chi connectivity index (χ1n) is 11.6. The van der Waals surface area contributed by atoms with Crippen LogP contribution in [-0.4, -0.2) is 59.1 Å². The highest BCUT2D eigenvalue weighted by Crippen LogP contribution is 2.20. The fraction of sp³-hybridized carbons (Fsp3) is 0.346. The molecule has 1 aliphatic heterocycles. The molecule has 178 valence electrons. The number of ether oxygens (including phenoxy) is 1. The molecule has 1 aromatic carbocycles. The number of nitrogens with zero attached hydrogens (tertiary/aromatic N) is 3. The number of anilines is 1. The monoisotopic (exact) mass is 461 g/mol. The highest BCUT2D eigenvalue weighted by Gasteiger charge is 2.17. The standard InChI is InChI=1S/C26H31N5O3/c1-19-15-24(20(2)31(19)23-7-4-9-27-18-23)26(33)28-17-21-5-3-6-22(16-21)29-25(32)8-10-30-11-13-34-14-12-30/h3-7,9,15-16,18H,8,10-14,17H2,1-2H3,(H,28,33)(H,29,32).